The maximum atomic E-state index is 5.29. The van der Waals surface area contributed by atoms with Gasteiger partial charge in [0, 0.05) is 56.8 Å². The largest absolute Gasteiger partial charge is 0.385 e. The Morgan fingerprint density at radius 3 is 2.71 bits per heavy atom. The molecule has 0 aliphatic heterocycles. The van der Waals surface area contributed by atoms with E-state index >= 15 is 0 Å². The molecule has 3 heterocycles. The zero-order valence-electron chi connectivity index (χ0n) is 16.7. The van der Waals surface area contributed by atoms with E-state index in [-0.39, 0.29) is 0 Å². The van der Waals surface area contributed by atoms with Gasteiger partial charge in [-0.05, 0) is 55.0 Å². The predicted octanol–water partition coefficient (Wildman–Crippen LogP) is 4.65. The van der Waals surface area contributed by atoms with E-state index in [1.54, 1.807) is 7.11 Å². The fourth-order valence-corrected chi connectivity index (χ4v) is 4.42. The highest BCUT2D eigenvalue weighted by molar-refractivity contribution is 5.81. The molecule has 0 bridgehead atoms. The summed E-state index contributed by atoms with van der Waals surface area (Å²) in [4.78, 5) is 15.3. The highest BCUT2D eigenvalue weighted by atomic mass is 16.5. The van der Waals surface area contributed by atoms with E-state index in [0.717, 1.165) is 44.0 Å². The maximum Gasteiger partial charge on any atom is 0.137 e. The van der Waals surface area contributed by atoms with Gasteiger partial charge in [0.2, 0.25) is 0 Å². The summed E-state index contributed by atoms with van der Waals surface area (Å²) in [5, 5.41) is 1.27. The van der Waals surface area contributed by atoms with Gasteiger partial charge in [-0.3, -0.25) is 9.88 Å². The molecule has 1 N–H and O–H groups in total. The van der Waals surface area contributed by atoms with E-state index in [9.17, 15) is 0 Å². The van der Waals surface area contributed by atoms with Gasteiger partial charge >= 0.3 is 0 Å². The lowest BCUT2D eigenvalue weighted by molar-refractivity contribution is 0.166. The second-order valence-electron chi connectivity index (χ2n) is 7.78. The molecular formula is C23H30N4O. The van der Waals surface area contributed by atoms with Gasteiger partial charge in [0.1, 0.15) is 5.65 Å². The quantitative estimate of drug-likeness (QED) is 0.551. The van der Waals surface area contributed by atoms with Crippen LogP contribution in [0, 0.1) is 0 Å². The minimum atomic E-state index is 0.639. The summed E-state index contributed by atoms with van der Waals surface area (Å²) < 4.78 is 5.29. The van der Waals surface area contributed by atoms with E-state index in [1.165, 1.54) is 42.3 Å². The number of pyridine rings is 2. The molecule has 0 saturated heterocycles. The Kier molecular flexibility index (Phi) is 6.34. The van der Waals surface area contributed by atoms with Crippen LogP contribution in [0.4, 0.5) is 0 Å². The second-order valence-corrected chi connectivity index (χ2v) is 7.78. The molecule has 148 valence electrons. The van der Waals surface area contributed by atoms with Crippen molar-refractivity contribution in [2.24, 2.45) is 0 Å². The van der Waals surface area contributed by atoms with Gasteiger partial charge < -0.3 is 9.72 Å². The topological polar surface area (TPSA) is 54.0 Å². The van der Waals surface area contributed by atoms with E-state index in [0.29, 0.717) is 5.92 Å². The molecule has 0 spiro atoms. The van der Waals surface area contributed by atoms with Crippen LogP contribution in [0.5, 0.6) is 0 Å². The van der Waals surface area contributed by atoms with Crippen LogP contribution in [-0.4, -0.2) is 40.1 Å². The van der Waals surface area contributed by atoms with Crippen LogP contribution < -0.4 is 0 Å². The highest BCUT2D eigenvalue weighted by Gasteiger charge is 2.24. The van der Waals surface area contributed by atoms with Crippen LogP contribution in [0.15, 0.2) is 42.7 Å². The van der Waals surface area contributed by atoms with Gasteiger partial charge in [-0.25, -0.2) is 4.98 Å². The molecule has 3 aromatic heterocycles. The van der Waals surface area contributed by atoms with Gasteiger partial charge in [0.05, 0.1) is 5.69 Å². The molecule has 5 heteroatoms. The minimum Gasteiger partial charge on any atom is -0.385 e. The Bertz CT molecular complexity index is 871. The number of rotatable bonds is 9. The fraction of sp³-hybridized carbons (Fsp3) is 0.478. The first kappa shape index (κ1) is 19.1. The average Bonchev–Trinajstić information content (AvgIpc) is 3.37. The van der Waals surface area contributed by atoms with Crippen molar-refractivity contribution in [2.75, 3.05) is 20.3 Å². The van der Waals surface area contributed by atoms with Crippen LogP contribution in [-0.2, 0) is 17.8 Å². The predicted molar refractivity (Wildman–Crippen MR) is 112 cm³/mol. The zero-order valence-corrected chi connectivity index (χ0v) is 16.7. The van der Waals surface area contributed by atoms with Crippen molar-refractivity contribution in [1.29, 1.82) is 0 Å². The van der Waals surface area contributed by atoms with Crippen LogP contribution in [0.3, 0.4) is 0 Å². The number of nitrogens with zero attached hydrogens (tertiary/aromatic N) is 3. The number of hydrogen-bond acceptors (Lipinski definition) is 4. The van der Waals surface area contributed by atoms with Crippen molar-refractivity contribution in [3.63, 3.8) is 0 Å². The van der Waals surface area contributed by atoms with Crippen LogP contribution in [0.25, 0.3) is 11.0 Å². The summed E-state index contributed by atoms with van der Waals surface area (Å²) in [6.07, 6.45) is 10.0. The van der Waals surface area contributed by atoms with E-state index < -0.39 is 0 Å². The smallest absolute Gasteiger partial charge is 0.137 e. The number of methoxy groups -OCH3 is 1. The van der Waals surface area contributed by atoms with E-state index in [4.69, 9.17) is 4.74 Å². The minimum absolute atomic E-state index is 0.639. The third kappa shape index (κ3) is 4.42. The van der Waals surface area contributed by atoms with Crippen molar-refractivity contribution < 1.29 is 4.74 Å². The second kappa shape index (κ2) is 9.30. The molecule has 1 saturated carbocycles. The molecule has 1 aliphatic carbocycles. The number of fused-ring (bicyclic) bond motifs is 1. The Morgan fingerprint density at radius 1 is 1.07 bits per heavy atom. The molecule has 0 amide bonds. The van der Waals surface area contributed by atoms with Gasteiger partial charge in [-0.15, -0.1) is 0 Å². The third-order valence-electron chi connectivity index (χ3n) is 5.79. The molecule has 0 atom stereocenters. The molecule has 0 unspecified atom stereocenters. The van der Waals surface area contributed by atoms with Crippen LogP contribution in [0.1, 0.15) is 55.0 Å². The molecule has 1 fully saturated rings. The van der Waals surface area contributed by atoms with Gasteiger partial charge in [-0.2, -0.15) is 0 Å². The molecule has 0 aromatic carbocycles. The number of H-pyrrole nitrogens is 1. The summed E-state index contributed by atoms with van der Waals surface area (Å²) in [5.74, 6) is 0.639. The summed E-state index contributed by atoms with van der Waals surface area (Å²) in [7, 11) is 1.77. The van der Waals surface area contributed by atoms with E-state index in [1.807, 2.05) is 24.5 Å². The number of aromatic nitrogens is 3. The van der Waals surface area contributed by atoms with Crippen molar-refractivity contribution in [3.8, 4) is 0 Å². The SMILES string of the molecule is COCCCN(Cc1ccccn1)Cc1c(C2CCCC2)[nH]c2ncccc12. The molecule has 28 heavy (non-hydrogen) atoms. The first-order valence-corrected chi connectivity index (χ1v) is 10.4. The molecule has 4 rings (SSSR count). The van der Waals surface area contributed by atoms with E-state index in [2.05, 4.69) is 38.1 Å². The van der Waals surface area contributed by atoms with Crippen molar-refractivity contribution >= 4 is 11.0 Å². The standard InChI is InChI=1S/C23H30N4O/c1-28-15-7-14-27(16-19-10-4-5-12-24-19)17-21-20-11-6-13-25-23(20)26-22(21)18-8-2-3-9-18/h4-6,10-13,18H,2-3,7-9,14-17H2,1H3,(H,25,26). The normalized spacial score (nSPS) is 15.1. The fourth-order valence-electron chi connectivity index (χ4n) is 4.42. The third-order valence-corrected chi connectivity index (χ3v) is 5.79. The Balaban J connectivity index is 1.62. The summed E-state index contributed by atoms with van der Waals surface area (Å²) in [6, 6.07) is 10.4. The number of hydrogen-bond donors (Lipinski definition) is 1. The molecule has 3 aromatic rings. The van der Waals surface area contributed by atoms with Crippen molar-refractivity contribution in [2.45, 2.75) is 51.1 Å². The molecular weight excluding hydrogens is 348 g/mol. The number of ether oxygens (including phenoxy) is 1. The summed E-state index contributed by atoms with van der Waals surface area (Å²) in [5.41, 5.74) is 4.96. The Labute approximate surface area is 167 Å². The lowest BCUT2D eigenvalue weighted by atomic mass is 9.98. The molecule has 1 aliphatic rings. The lowest BCUT2D eigenvalue weighted by Gasteiger charge is -2.23. The Hall–Kier alpha value is -2.24. The molecule has 0 radical (unpaired) electrons. The Morgan fingerprint density at radius 2 is 1.93 bits per heavy atom. The average molecular weight is 379 g/mol. The summed E-state index contributed by atoms with van der Waals surface area (Å²) >= 11 is 0. The number of nitrogens with one attached hydrogen (secondary N) is 1. The lowest BCUT2D eigenvalue weighted by Crippen LogP contribution is -2.26. The van der Waals surface area contributed by atoms with Gasteiger partial charge in [0.25, 0.3) is 0 Å². The first-order valence-electron chi connectivity index (χ1n) is 10.4. The molecule has 5 nitrogen and oxygen atoms in total. The number of aromatic amines is 1. The first-order chi connectivity index (χ1) is 13.8. The summed E-state index contributed by atoms with van der Waals surface area (Å²) in [6.45, 7) is 3.53. The van der Waals surface area contributed by atoms with Crippen LogP contribution in [0.2, 0.25) is 0 Å². The monoisotopic (exact) mass is 378 g/mol. The van der Waals surface area contributed by atoms with Gasteiger partial charge in [0.15, 0.2) is 0 Å². The van der Waals surface area contributed by atoms with Crippen molar-refractivity contribution in [3.05, 3.63) is 59.7 Å². The highest BCUT2D eigenvalue weighted by Crippen LogP contribution is 2.38. The van der Waals surface area contributed by atoms with Crippen LogP contribution >= 0.6 is 0 Å². The van der Waals surface area contributed by atoms with Gasteiger partial charge in [-0.1, -0.05) is 18.9 Å². The maximum absolute atomic E-state index is 5.29. The van der Waals surface area contributed by atoms with Crippen molar-refractivity contribution in [1.82, 2.24) is 19.9 Å². The zero-order chi connectivity index (χ0) is 19.2.